The third kappa shape index (κ3) is 3.10. The number of fused-ring (bicyclic) bond motifs is 1. The molecule has 1 aromatic heterocycles. The van der Waals surface area contributed by atoms with Crippen molar-refractivity contribution in [1.29, 1.82) is 0 Å². The highest BCUT2D eigenvalue weighted by molar-refractivity contribution is 7.99. The third-order valence-electron chi connectivity index (χ3n) is 3.40. The molecule has 3 nitrogen and oxygen atoms in total. The average Bonchev–Trinajstić information content (AvgIpc) is 2.78. The van der Waals surface area contributed by atoms with Crippen molar-refractivity contribution in [2.45, 2.75) is 25.5 Å². The molecule has 0 aliphatic rings. The number of carbonyl (C=O) groups excluding carboxylic acids is 1. The van der Waals surface area contributed by atoms with Crippen LogP contribution in [0.25, 0.3) is 10.1 Å². The number of hydrogen-bond acceptors (Lipinski definition) is 4. The summed E-state index contributed by atoms with van der Waals surface area (Å²) >= 11 is 3.29. The summed E-state index contributed by atoms with van der Waals surface area (Å²) in [6.07, 6.45) is 3.05. The maximum absolute atomic E-state index is 12.2. The molecule has 108 valence electrons. The lowest BCUT2D eigenvalue weighted by Gasteiger charge is -2.08. The van der Waals surface area contributed by atoms with E-state index in [1.54, 1.807) is 0 Å². The molecular weight excluding hydrogens is 288 g/mol. The molecule has 3 N–H and O–H groups in total. The molecule has 0 saturated heterocycles. The highest BCUT2D eigenvalue weighted by Crippen LogP contribution is 2.35. The van der Waals surface area contributed by atoms with Gasteiger partial charge in [-0.1, -0.05) is 25.1 Å². The Morgan fingerprint density at radius 2 is 2.25 bits per heavy atom. The minimum absolute atomic E-state index is 0.0589. The van der Waals surface area contributed by atoms with Crippen LogP contribution >= 0.6 is 23.1 Å². The molecule has 0 aliphatic carbocycles. The van der Waals surface area contributed by atoms with E-state index in [2.05, 4.69) is 18.5 Å². The van der Waals surface area contributed by atoms with Crippen LogP contribution in [0.2, 0.25) is 0 Å². The minimum atomic E-state index is -0.0589. The fraction of sp³-hybridized carbons (Fsp3) is 0.400. The van der Waals surface area contributed by atoms with Gasteiger partial charge in [0.2, 0.25) is 0 Å². The Kier molecular flexibility index (Phi) is 4.94. The Morgan fingerprint density at radius 1 is 1.50 bits per heavy atom. The molecule has 0 aliphatic heterocycles. The summed E-state index contributed by atoms with van der Waals surface area (Å²) in [5, 5.41) is 4.50. The summed E-state index contributed by atoms with van der Waals surface area (Å²) in [6.45, 7) is 4.89. The first-order valence-corrected chi connectivity index (χ1v) is 8.73. The van der Waals surface area contributed by atoms with E-state index in [-0.39, 0.29) is 5.91 Å². The van der Waals surface area contributed by atoms with Gasteiger partial charge in [0.25, 0.3) is 5.91 Å². The summed E-state index contributed by atoms with van der Waals surface area (Å²) in [4.78, 5) is 12.9. The van der Waals surface area contributed by atoms with E-state index in [0.717, 1.165) is 22.1 Å². The van der Waals surface area contributed by atoms with E-state index in [9.17, 15) is 4.79 Å². The van der Waals surface area contributed by atoms with Gasteiger partial charge in [0, 0.05) is 21.9 Å². The second kappa shape index (κ2) is 6.50. The van der Waals surface area contributed by atoms with Crippen LogP contribution in [0.15, 0.2) is 18.2 Å². The van der Waals surface area contributed by atoms with Crippen LogP contribution in [0, 0.1) is 6.92 Å². The zero-order valence-electron chi connectivity index (χ0n) is 12.0. The van der Waals surface area contributed by atoms with Crippen molar-refractivity contribution in [2.75, 3.05) is 18.5 Å². The first-order valence-electron chi connectivity index (χ1n) is 6.63. The largest absolute Gasteiger partial charge is 0.397 e. The van der Waals surface area contributed by atoms with Crippen molar-refractivity contribution >= 4 is 44.8 Å². The average molecular weight is 308 g/mol. The third-order valence-corrected chi connectivity index (χ3v) is 5.79. The summed E-state index contributed by atoms with van der Waals surface area (Å²) < 4.78 is 1.10. The lowest BCUT2D eigenvalue weighted by atomic mass is 10.1. The van der Waals surface area contributed by atoms with Crippen LogP contribution in [0.1, 0.15) is 28.6 Å². The molecular formula is C15H20N2OS2. The predicted molar refractivity (Wildman–Crippen MR) is 90.9 cm³/mol. The molecule has 1 heterocycles. The Morgan fingerprint density at radius 3 is 2.90 bits per heavy atom. The highest BCUT2D eigenvalue weighted by Gasteiger charge is 2.16. The van der Waals surface area contributed by atoms with E-state index in [4.69, 9.17) is 5.73 Å². The summed E-state index contributed by atoms with van der Waals surface area (Å²) in [7, 11) is 0. The fourth-order valence-electron chi connectivity index (χ4n) is 2.04. The number of benzene rings is 1. The van der Waals surface area contributed by atoms with Gasteiger partial charge in [-0.25, -0.2) is 0 Å². The number of aryl methyl sites for hydroxylation is 1. The van der Waals surface area contributed by atoms with Crippen LogP contribution in [0.3, 0.4) is 0 Å². The lowest BCUT2D eigenvalue weighted by molar-refractivity contribution is 0.0958. The molecule has 1 atom stereocenters. The molecule has 0 bridgehead atoms. The van der Waals surface area contributed by atoms with Crippen molar-refractivity contribution in [2.24, 2.45) is 0 Å². The van der Waals surface area contributed by atoms with Gasteiger partial charge in [-0.3, -0.25) is 4.79 Å². The summed E-state index contributed by atoms with van der Waals surface area (Å²) in [6, 6.07) is 5.99. The van der Waals surface area contributed by atoms with Crippen molar-refractivity contribution in [3.05, 3.63) is 28.6 Å². The van der Waals surface area contributed by atoms with E-state index in [1.807, 2.05) is 36.9 Å². The standard InChI is InChI=1S/C15H20N2OS2/c1-9-5-4-6-11-12(16)14(20-13(9)11)15(18)17-8-7-10(2)19-3/h4-6,10H,7-8,16H2,1-3H3,(H,17,18). The molecule has 0 radical (unpaired) electrons. The molecule has 20 heavy (non-hydrogen) atoms. The van der Waals surface area contributed by atoms with Gasteiger partial charge in [-0.2, -0.15) is 11.8 Å². The van der Waals surface area contributed by atoms with Crippen molar-refractivity contribution in [1.82, 2.24) is 5.32 Å². The highest BCUT2D eigenvalue weighted by atomic mass is 32.2. The molecule has 1 aromatic carbocycles. The maximum Gasteiger partial charge on any atom is 0.263 e. The Hall–Kier alpha value is -1.20. The summed E-state index contributed by atoms with van der Waals surface area (Å²) in [5.41, 5.74) is 7.87. The number of thiophene rings is 1. The number of rotatable bonds is 5. The predicted octanol–water partition coefficient (Wildman–Crippen LogP) is 3.66. The van der Waals surface area contributed by atoms with Crippen LogP contribution in [0.4, 0.5) is 5.69 Å². The molecule has 1 amide bonds. The number of nitrogen functional groups attached to an aromatic ring is 1. The lowest BCUT2D eigenvalue weighted by Crippen LogP contribution is -2.25. The Balaban J connectivity index is 2.14. The van der Waals surface area contributed by atoms with Gasteiger partial charge in [0.15, 0.2) is 0 Å². The van der Waals surface area contributed by atoms with Crippen molar-refractivity contribution < 1.29 is 4.79 Å². The number of nitrogens with one attached hydrogen (secondary N) is 1. The normalized spacial score (nSPS) is 12.6. The number of hydrogen-bond donors (Lipinski definition) is 2. The fourth-order valence-corrected chi connectivity index (χ4v) is 3.49. The van der Waals surface area contributed by atoms with Crippen LogP contribution in [0.5, 0.6) is 0 Å². The van der Waals surface area contributed by atoms with E-state index in [1.165, 1.54) is 11.3 Å². The number of carbonyl (C=O) groups is 1. The molecule has 0 spiro atoms. The number of anilines is 1. The quantitative estimate of drug-likeness (QED) is 0.886. The smallest absolute Gasteiger partial charge is 0.263 e. The second-order valence-corrected chi connectivity index (χ2v) is 7.18. The first kappa shape index (κ1) is 15.2. The van der Waals surface area contributed by atoms with Gasteiger partial charge in [0.05, 0.1) is 5.69 Å². The number of nitrogens with two attached hydrogens (primary N) is 1. The van der Waals surface area contributed by atoms with Crippen LogP contribution in [-0.2, 0) is 0 Å². The summed E-state index contributed by atoms with van der Waals surface area (Å²) in [5.74, 6) is -0.0589. The van der Waals surface area contributed by atoms with Gasteiger partial charge in [-0.15, -0.1) is 11.3 Å². The Labute approximate surface area is 127 Å². The zero-order valence-corrected chi connectivity index (χ0v) is 13.7. The molecule has 0 saturated carbocycles. The second-order valence-electron chi connectivity index (χ2n) is 4.89. The molecule has 2 aromatic rings. The van der Waals surface area contributed by atoms with Crippen LogP contribution in [-0.4, -0.2) is 24.0 Å². The van der Waals surface area contributed by atoms with Crippen molar-refractivity contribution in [3.8, 4) is 0 Å². The maximum atomic E-state index is 12.2. The Bertz CT molecular complexity index is 622. The first-order chi connectivity index (χ1) is 9.54. The zero-order chi connectivity index (χ0) is 14.7. The van der Waals surface area contributed by atoms with E-state index in [0.29, 0.717) is 22.4 Å². The van der Waals surface area contributed by atoms with E-state index < -0.39 is 0 Å². The van der Waals surface area contributed by atoms with Gasteiger partial charge >= 0.3 is 0 Å². The van der Waals surface area contributed by atoms with Gasteiger partial charge < -0.3 is 11.1 Å². The molecule has 5 heteroatoms. The SMILES string of the molecule is CSC(C)CCNC(=O)c1sc2c(C)cccc2c1N. The number of thioether (sulfide) groups is 1. The van der Waals surface area contributed by atoms with E-state index >= 15 is 0 Å². The minimum Gasteiger partial charge on any atom is -0.397 e. The topological polar surface area (TPSA) is 55.1 Å². The molecule has 0 fully saturated rings. The monoisotopic (exact) mass is 308 g/mol. The molecule has 2 rings (SSSR count). The number of amides is 1. The van der Waals surface area contributed by atoms with Crippen LogP contribution < -0.4 is 11.1 Å². The molecule has 1 unspecified atom stereocenters. The van der Waals surface area contributed by atoms with Gasteiger partial charge in [-0.05, 0) is 25.2 Å². The van der Waals surface area contributed by atoms with Crippen molar-refractivity contribution in [3.63, 3.8) is 0 Å². The van der Waals surface area contributed by atoms with Gasteiger partial charge in [0.1, 0.15) is 4.88 Å².